The molecule has 5 atom stereocenters. The lowest BCUT2D eigenvalue weighted by molar-refractivity contribution is -0.142. The Morgan fingerprint density at radius 1 is 0.790 bits per heavy atom. The van der Waals surface area contributed by atoms with Gasteiger partial charge >= 0.3 is 18.1 Å². The van der Waals surface area contributed by atoms with Gasteiger partial charge in [-0.05, 0) is 81.2 Å². The molecule has 62 heavy (non-hydrogen) atoms. The number of primary amides is 1. The average molecular weight is 862 g/mol. The number of hydrogen-bond acceptors (Lipinski definition) is 9. The smallest absolute Gasteiger partial charge is 0.407 e. The molecule has 4 unspecified atom stereocenters. The number of nitrogens with zero attached hydrogens (tertiary/aromatic N) is 1. The summed E-state index contributed by atoms with van der Waals surface area (Å²) in [5, 5.41) is 30.0. The van der Waals surface area contributed by atoms with Crippen LogP contribution in [0.1, 0.15) is 77.5 Å². The van der Waals surface area contributed by atoms with Gasteiger partial charge in [0.05, 0.1) is 32.0 Å². The molecule has 5 amide bonds. The fraction of sp³-hybridized carbons (Fsp3) is 0.511. The van der Waals surface area contributed by atoms with Gasteiger partial charge < -0.3 is 51.0 Å². The van der Waals surface area contributed by atoms with Crippen molar-refractivity contribution in [3.63, 3.8) is 0 Å². The molecule has 0 aliphatic carbocycles. The van der Waals surface area contributed by atoms with Crippen LogP contribution in [0.4, 0.5) is 9.59 Å². The summed E-state index contributed by atoms with van der Waals surface area (Å²) in [4.78, 5) is 64.9. The SMILES string of the molecule is CCCCOc1ccc(C[C@H](NC(=O)C(NC(=O)C(Cc2ccccc2)CC(O)C(Cc2ccccc2)NC(=O)OC(C)(C)C)C(C)C)C(=O)O)cc1.NC(=O)N1CCOCC1. The first-order valence-corrected chi connectivity index (χ1v) is 21.4. The molecule has 340 valence electrons. The monoisotopic (exact) mass is 861 g/mol. The predicted octanol–water partition coefficient (Wildman–Crippen LogP) is 5.26. The number of carboxylic acid groups (broad SMARTS) is 1. The van der Waals surface area contributed by atoms with E-state index in [-0.39, 0.29) is 31.7 Å². The van der Waals surface area contributed by atoms with Gasteiger partial charge in [-0.2, -0.15) is 0 Å². The maximum Gasteiger partial charge on any atom is 0.407 e. The summed E-state index contributed by atoms with van der Waals surface area (Å²) in [7, 11) is 0. The van der Waals surface area contributed by atoms with E-state index in [2.05, 4.69) is 22.9 Å². The standard InChI is InChI=1S/C42H57N3O8.C5H10N2O2/c1-7-8-23-52-33-21-19-31(20-22-33)26-35(40(49)50)43-39(48)37(28(2)3)45-38(47)32(24-29-15-11-9-12-16-29)27-36(46)34(25-30-17-13-10-14-18-30)44-41(51)53-42(4,5)6;6-5(8)7-1-3-9-4-2-7/h9-22,28,32,34-37,46H,7-8,23-27H2,1-6H3,(H,43,48)(H,44,51)(H,45,47)(H,49,50);1-4H2,(H2,6,8)/t32?,34?,35-,36?,37?;/m0./s1. The highest BCUT2D eigenvalue weighted by molar-refractivity contribution is 5.91. The number of nitrogens with one attached hydrogen (secondary N) is 3. The molecular weight excluding hydrogens is 795 g/mol. The molecule has 3 aromatic carbocycles. The Balaban J connectivity index is 0.00000100. The summed E-state index contributed by atoms with van der Waals surface area (Å²) in [6.07, 6.45) is 0.585. The normalized spacial score (nSPS) is 15.1. The quantitative estimate of drug-likeness (QED) is 0.0810. The summed E-state index contributed by atoms with van der Waals surface area (Å²) >= 11 is 0. The van der Waals surface area contributed by atoms with E-state index in [1.165, 1.54) is 0 Å². The maximum absolute atomic E-state index is 14.1. The average Bonchev–Trinajstić information content (AvgIpc) is 3.23. The van der Waals surface area contributed by atoms with E-state index >= 15 is 0 Å². The molecule has 1 fully saturated rings. The third kappa shape index (κ3) is 18.9. The molecule has 3 aromatic rings. The van der Waals surface area contributed by atoms with E-state index in [1.54, 1.807) is 63.8 Å². The molecule has 7 N–H and O–H groups in total. The number of aliphatic hydroxyl groups excluding tert-OH is 1. The molecule has 1 heterocycles. The fourth-order valence-electron chi connectivity index (χ4n) is 6.59. The van der Waals surface area contributed by atoms with Crippen LogP contribution in [0.3, 0.4) is 0 Å². The van der Waals surface area contributed by atoms with Crippen molar-refractivity contribution in [3.05, 3.63) is 102 Å². The van der Waals surface area contributed by atoms with Crippen molar-refractivity contribution in [1.29, 1.82) is 0 Å². The van der Waals surface area contributed by atoms with Gasteiger partial charge in [-0.15, -0.1) is 0 Å². The van der Waals surface area contributed by atoms with E-state index in [0.29, 0.717) is 44.2 Å². The number of carbonyl (C=O) groups is 5. The lowest BCUT2D eigenvalue weighted by Gasteiger charge is -2.30. The highest BCUT2D eigenvalue weighted by Gasteiger charge is 2.34. The highest BCUT2D eigenvalue weighted by atomic mass is 16.6. The van der Waals surface area contributed by atoms with Crippen LogP contribution in [0, 0.1) is 11.8 Å². The Kier molecular flexibility index (Phi) is 21.2. The summed E-state index contributed by atoms with van der Waals surface area (Å²) < 4.78 is 16.2. The number of ether oxygens (including phenoxy) is 3. The molecule has 0 aromatic heterocycles. The van der Waals surface area contributed by atoms with E-state index < -0.39 is 65.5 Å². The van der Waals surface area contributed by atoms with Crippen molar-refractivity contribution in [2.45, 2.75) is 110 Å². The van der Waals surface area contributed by atoms with E-state index in [1.807, 2.05) is 60.7 Å². The zero-order chi connectivity index (χ0) is 45.7. The number of aliphatic hydroxyl groups is 1. The topological polar surface area (TPSA) is 219 Å². The molecular formula is C47H67N5O10. The second kappa shape index (κ2) is 26.0. The number of aliphatic carboxylic acids is 1. The number of carboxylic acids is 1. The van der Waals surface area contributed by atoms with Crippen LogP contribution >= 0.6 is 0 Å². The van der Waals surface area contributed by atoms with Crippen molar-refractivity contribution in [2.75, 3.05) is 32.9 Å². The fourth-order valence-corrected chi connectivity index (χ4v) is 6.59. The number of morpholine rings is 1. The Bertz CT molecular complexity index is 1820. The van der Waals surface area contributed by atoms with E-state index in [4.69, 9.17) is 19.9 Å². The Hall–Kier alpha value is -5.67. The molecule has 15 heteroatoms. The van der Waals surface area contributed by atoms with Gasteiger partial charge in [0, 0.05) is 25.4 Å². The Morgan fingerprint density at radius 3 is 1.85 bits per heavy atom. The first-order chi connectivity index (χ1) is 29.4. The minimum absolute atomic E-state index is 0.0331. The molecule has 1 saturated heterocycles. The van der Waals surface area contributed by atoms with Gasteiger partial charge in [0.15, 0.2) is 0 Å². The maximum atomic E-state index is 14.1. The molecule has 0 saturated carbocycles. The largest absolute Gasteiger partial charge is 0.494 e. The number of amides is 5. The third-order valence-electron chi connectivity index (χ3n) is 10.0. The number of alkyl carbamates (subject to hydrolysis) is 1. The molecule has 0 spiro atoms. The van der Waals surface area contributed by atoms with E-state index in [0.717, 1.165) is 24.0 Å². The summed E-state index contributed by atoms with van der Waals surface area (Å²) in [6, 6.07) is 22.3. The number of unbranched alkanes of at least 4 members (excludes halogenated alkanes) is 1. The molecule has 4 rings (SSSR count). The molecule has 0 radical (unpaired) electrons. The minimum Gasteiger partial charge on any atom is -0.494 e. The lowest BCUT2D eigenvalue weighted by atomic mass is 9.88. The second-order valence-electron chi connectivity index (χ2n) is 16.7. The van der Waals surface area contributed by atoms with Crippen molar-refractivity contribution in [1.82, 2.24) is 20.9 Å². The van der Waals surface area contributed by atoms with Crippen molar-refractivity contribution in [3.8, 4) is 5.75 Å². The van der Waals surface area contributed by atoms with E-state index in [9.17, 15) is 34.2 Å². The van der Waals surface area contributed by atoms with Crippen LogP contribution in [0.25, 0.3) is 0 Å². The van der Waals surface area contributed by atoms with Gasteiger partial charge in [-0.3, -0.25) is 9.59 Å². The first kappa shape index (κ1) is 50.7. The van der Waals surface area contributed by atoms with Crippen LogP contribution in [-0.2, 0) is 43.1 Å². The van der Waals surface area contributed by atoms with Crippen LogP contribution in [0.15, 0.2) is 84.9 Å². The lowest BCUT2D eigenvalue weighted by Crippen LogP contribution is -2.55. The summed E-state index contributed by atoms with van der Waals surface area (Å²) in [5.74, 6) is -2.84. The molecule has 1 aliphatic heterocycles. The molecule has 0 bridgehead atoms. The van der Waals surface area contributed by atoms with Crippen LogP contribution in [0.2, 0.25) is 0 Å². The zero-order valence-electron chi connectivity index (χ0n) is 37.0. The molecule has 1 aliphatic rings. The van der Waals surface area contributed by atoms with Crippen LogP contribution < -0.4 is 26.4 Å². The number of hydrogen-bond donors (Lipinski definition) is 6. The minimum atomic E-state index is -1.24. The zero-order valence-corrected chi connectivity index (χ0v) is 37.0. The van der Waals surface area contributed by atoms with Gasteiger partial charge in [-0.25, -0.2) is 14.4 Å². The highest BCUT2D eigenvalue weighted by Crippen LogP contribution is 2.21. The van der Waals surface area contributed by atoms with Crippen LogP contribution in [0.5, 0.6) is 5.75 Å². The number of rotatable bonds is 20. The van der Waals surface area contributed by atoms with Gasteiger partial charge in [-0.1, -0.05) is 100.0 Å². The number of carbonyl (C=O) groups excluding carboxylic acids is 4. The Labute approximate surface area is 366 Å². The van der Waals surface area contributed by atoms with Gasteiger partial charge in [0.1, 0.15) is 23.4 Å². The first-order valence-electron chi connectivity index (χ1n) is 21.4. The van der Waals surface area contributed by atoms with Gasteiger partial charge in [0.25, 0.3) is 0 Å². The van der Waals surface area contributed by atoms with Crippen LogP contribution in [-0.4, -0.2) is 108 Å². The van der Waals surface area contributed by atoms with Crippen molar-refractivity contribution < 1.29 is 48.4 Å². The van der Waals surface area contributed by atoms with Crippen molar-refractivity contribution in [2.24, 2.45) is 17.6 Å². The second-order valence-corrected chi connectivity index (χ2v) is 16.7. The van der Waals surface area contributed by atoms with Gasteiger partial charge in [0.2, 0.25) is 11.8 Å². The number of nitrogens with two attached hydrogens (primary N) is 1. The summed E-state index contributed by atoms with van der Waals surface area (Å²) in [6.45, 7) is 13.9. The third-order valence-corrected chi connectivity index (χ3v) is 10.0. The summed E-state index contributed by atoms with van der Waals surface area (Å²) in [5.41, 5.74) is 6.66. The van der Waals surface area contributed by atoms with Crippen molar-refractivity contribution >= 4 is 29.9 Å². The Morgan fingerprint density at radius 2 is 1.35 bits per heavy atom. The predicted molar refractivity (Wildman–Crippen MR) is 236 cm³/mol. The molecule has 15 nitrogen and oxygen atoms in total. The number of urea groups is 1. The number of benzene rings is 3.